The Morgan fingerprint density at radius 2 is 1.84 bits per heavy atom. The van der Waals surface area contributed by atoms with Crippen molar-refractivity contribution in [1.82, 2.24) is 25.2 Å². The van der Waals surface area contributed by atoms with Crippen molar-refractivity contribution >= 4 is 11.9 Å². The van der Waals surface area contributed by atoms with Gasteiger partial charge in [0.15, 0.2) is 5.82 Å². The first-order valence-electron chi connectivity index (χ1n) is 10.4. The summed E-state index contributed by atoms with van der Waals surface area (Å²) in [5, 5.41) is 11.3. The number of esters is 1. The Balaban J connectivity index is 1.66. The fraction of sp³-hybridized carbons (Fsp3) is 0.435. The van der Waals surface area contributed by atoms with Crippen molar-refractivity contribution in [3.8, 4) is 5.69 Å². The van der Waals surface area contributed by atoms with E-state index in [1.165, 1.54) is 7.11 Å². The molecule has 0 radical (unpaired) electrons. The summed E-state index contributed by atoms with van der Waals surface area (Å²) in [6.07, 6.45) is 0.873. The number of hydrogen-bond acceptors (Lipinski definition) is 7. The van der Waals surface area contributed by atoms with Gasteiger partial charge in [-0.3, -0.25) is 9.59 Å². The molecule has 0 aliphatic heterocycles. The summed E-state index contributed by atoms with van der Waals surface area (Å²) in [4.78, 5) is 28.3. The van der Waals surface area contributed by atoms with Crippen LogP contribution in [0.1, 0.15) is 66.2 Å². The van der Waals surface area contributed by atoms with Crippen LogP contribution in [0.5, 0.6) is 0 Å². The molecule has 0 aliphatic rings. The Bertz CT molecular complexity index is 1110. The van der Waals surface area contributed by atoms with Gasteiger partial charge in [0.05, 0.1) is 25.0 Å². The molecule has 2 aromatic heterocycles. The van der Waals surface area contributed by atoms with Crippen LogP contribution in [0.25, 0.3) is 5.69 Å². The van der Waals surface area contributed by atoms with Crippen molar-refractivity contribution in [3.05, 3.63) is 58.5 Å². The predicted molar refractivity (Wildman–Crippen MR) is 118 cm³/mol. The largest absolute Gasteiger partial charge is 0.469 e. The number of ether oxygens (including phenoxy) is 1. The van der Waals surface area contributed by atoms with E-state index in [4.69, 9.17) is 9.26 Å². The standard InChI is InChI=1S/C23H29N5O4/c1-14-18(11-12-20(29)31-6)15(2)28(26-14)17-9-7-16(8-10-17)21(30)24-13-19-25-22(32-27-19)23(3,4)5/h7-10H,11-13H2,1-6H3,(H,24,30). The van der Waals surface area contributed by atoms with E-state index < -0.39 is 0 Å². The Morgan fingerprint density at radius 3 is 2.44 bits per heavy atom. The molecule has 0 unspecified atom stereocenters. The Labute approximate surface area is 187 Å². The molecule has 3 aromatic rings. The van der Waals surface area contributed by atoms with Crippen LogP contribution in [-0.4, -0.2) is 38.9 Å². The van der Waals surface area contributed by atoms with Crippen LogP contribution in [0.4, 0.5) is 0 Å². The van der Waals surface area contributed by atoms with Crippen molar-refractivity contribution in [3.63, 3.8) is 0 Å². The van der Waals surface area contributed by atoms with Gasteiger partial charge < -0.3 is 14.6 Å². The fourth-order valence-corrected chi connectivity index (χ4v) is 3.26. The third kappa shape index (κ3) is 5.22. The van der Waals surface area contributed by atoms with Gasteiger partial charge in [-0.15, -0.1) is 0 Å². The lowest BCUT2D eigenvalue weighted by molar-refractivity contribution is -0.140. The second kappa shape index (κ2) is 9.33. The van der Waals surface area contributed by atoms with E-state index in [9.17, 15) is 9.59 Å². The molecule has 1 aromatic carbocycles. The number of benzene rings is 1. The molecule has 9 heteroatoms. The minimum absolute atomic E-state index is 0.182. The number of nitrogens with one attached hydrogen (secondary N) is 1. The lowest BCUT2D eigenvalue weighted by atomic mass is 9.97. The van der Waals surface area contributed by atoms with Crippen molar-refractivity contribution in [2.24, 2.45) is 0 Å². The second-order valence-electron chi connectivity index (χ2n) is 8.63. The smallest absolute Gasteiger partial charge is 0.305 e. The van der Waals surface area contributed by atoms with Crippen molar-refractivity contribution in [2.45, 2.75) is 59.4 Å². The third-order valence-corrected chi connectivity index (χ3v) is 5.14. The Kier molecular flexibility index (Phi) is 6.76. The summed E-state index contributed by atoms with van der Waals surface area (Å²) >= 11 is 0. The Morgan fingerprint density at radius 1 is 1.16 bits per heavy atom. The molecule has 3 rings (SSSR count). The summed E-state index contributed by atoms with van der Waals surface area (Å²) in [5.74, 6) is 0.483. The van der Waals surface area contributed by atoms with Crippen LogP contribution in [0, 0.1) is 13.8 Å². The van der Waals surface area contributed by atoms with E-state index in [1.54, 1.807) is 12.1 Å². The van der Waals surface area contributed by atoms with E-state index in [1.807, 2.05) is 51.4 Å². The molecule has 2 heterocycles. The van der Waals surface area contributed by atoms with Crippen LogP contribution in [0.3, 0.4) is 0 Å². The van der Waals surface area contributed by atoms with Crippen molar-refractivity contribution in [1.29, 1.82) is 0 Å². The maximum atomic E-state index is 12.5. The zero-order valence-corrected chi connectivity index (χ0v) is 19.4. The molecule has 0 spiro atoms. The number of rotatable bonds is 7. The topological polar surface area (TPSA) is 112 Å². The lowest BCUT2D eigenvalue weighted by Crippen LogP contribution is -2.23. The highest BCUT2D eigenvalue weighted by Crippen LogP contribution is 2.21. The highest BCUT2D eigenvalue weighted by atomic mass is 16.5. The molecule has 0 fully saturated rings. The minimum Gasteiger partial charge on any atom is -0.469 e. The van der Waals surface area contributed by atoms with Crippen LogP contribution in [0.15, 0.2) is 28.8 Å². The van der Waals surface area contributed by atoms with Crippen LogP contribution in [-0.2, 0) is 27.9 Å². The zero-order chi connectivity index (χ0) is 23.5. The zero-order valence-electron chi connectivity index (χ0n) is 19.4. The van der Waals surface area contributed by atoms with Gasteiger partial charge in [0.25, 0.3) is 5.91 Å². The molecule has 1 amide bonds. The van der Waals surface area contributed by atoms with E-state index in [2.05, 4.69) is 20.6 Å². The molecule has 0 saturated carbocycles. The summed E-state index contributed by atoms with van der Waals surface area (Å²) in [6, 6.07) is 7.16. The van der Waals surface area contributed by atoms with E-state index >= 15 is 0 Å². The summed E-state index contributed by atoms with van der Waals surface area (Å²) in [6.45, 7) is 10.0. The molecule has 0 aliphatic carbocycles. The molecule has 9 nitrogen and oxygen atoms in total. The van der Waals surface area contributed by atoms with Gasteiger partial charge in [-0.1, -0.05) is 25.9 Å². The molecule has 32 heavy (non-hydrogen) atoms. The number of methoxy groups -OCH3 is 1. The molecule has 0 saturated heterocycles. The molecular weight excluding hydrogens is 410 g/mol. The third-order valence-electron chi connectivity index (χ3n) is 5.14. The number of aryl methyl sites for hydroxylation is 1. The number of amides is 1. The number of carbonyl (C=O) groups excluding carboxylic acids is 2. The fourth-order valence-electron chi connectivity index (χ4n) is 3.26. The van der Waals surface area contributed by atoms with Gasteiger partial charge in [0.2, 0.25) is 5.89 Å². The Hall–Kier alpha value is -3.49. The highest BCUT2D eigenvalue weighted by molar-refractivity contribution is 5.94. The van der Waals surface area contributed by atoms with E-state index in [0.29, 0.717) is 30.1 Å². The quantitative estimate of drug-likeness (QED) is 0.563. The number of carbonyl (C=O) groups is 2. The van der Waals surface area contributed by atoms with Crippen molar-refractivity contribution in [2.75, 3.05) is 7.11 Å². The molecule has 1 N–H and O–H groups in total. The maximum Gasteiger partial charge on any atom is 0.305 e. The van der Waals surface area contributed by atoms with E-state index in [0.717, 1.165) is 22.6 Å². The van der Waals surface area contributed by atoms with Gasteiger partial charge in [0.1, 0.15) is 0 Å². The average molecular weight is 440 g/mol. The predicted octanol–water partition coefficient (Wildman–Crippen LogP) is 3.21. The molecule has 170 valence electrons. The number of aromatic nitrogens is 4. The highest BCUT2D eigenvalue weighted by Gasteiger charge is 2.22. The van der Waals surface area contributed by atoms with Gasteiger partial charge in [-0.05, 0) is 50.1 Å². The monoisotopic (exact) mass is 439 g/mol. The van der Waals surface area contributed by atoms with Crippen LogP contribution >= 0.6 is 0 Å². The van der Waals surface area contributed by atoms with Gasteiger partial charge in [-0.2, -0.15) is 10.1 Å². The molecular formula is C23H29N5O4. The van der Waals surface area contributed by atoms with Gasteiger partial charge >= 0.3 is 5.97 Å². The first-order valence-corrected chi connectivity index (χ1v) is 10.4. The molecule has 0 atom stereocenters. The van der Waals surface area contributed by atoms with Gasteiger partial charge in [0, 0.05) is 23.1 Å². The van der Waals surface area contributed by atoms with Crippen molar-refractivity contribution < 1.29 is 18.8 Å². The second-order valence-corrected chi connectivity index (χ2v) is 8.63. The van der Waals surface area contributed by atoms with E-state index in [-0.39, 0.29) is 23.8 Å². The molecule has 0 bridgehead atoms. The van der Waals surface area contributed by atoms with Crippen LogP contribution < -0.4 is 5.32 Å². The average Bonchev–Trinajstić information content (AvgIpc) is 3.35. The summed E-state index contributed by atoms with van der Waals surface area (Å²) in [5.41, 5.74) is 3.94. The normalized spacial score (nSPS) is 11.4. The number of nitrogens with zero attached hydrogens (tertiary/aromatic N) is 4. The SMILES string of the molecule is COC(=O)CCc1c(C)nn(-c2ccc(C(=O)NCc3noc(C(C)(C)C)n3)cc2)c1C. The first kappa shape index (κ1) is 23.2. The van der Waals surface area contributed by atoms with Gasteiger partial charge in [-0.25, -0.2) is 4.68 Å². The number of hydrogen-bond donors (Lipinski definition) is 1. The first-order chi connectivity index (χ1) is 15.1. The summed E-state index contributed by atoms with van der Waals surface area (Å²) in [7, 11) is 1.38. The van der Waals surface area contributed by atoms with Crippen LogP contribution in [0.2, 0.25) is 0 Å². The summed E-state index contributed by atoms with van der Waals surface area (Å²) < 4.78 is 11.8. The minimum atomic E-state index is -0.248. The lowest BCUT2D eigenvalue weighted by Gasteiger charge is -2.10. The maximum absolute atomic E-state index is 12.5.